The van der Waals surface area contributed by atoms with Crippen molar-refractivity contribution < 1.29 is 19.0 Å². The number of ether oxygens (including phenoxy) is 3. The van der Waals surface area contributed by atoms with Crippen molar-refractivity contribution in [3.63, 3.8) is 0 Å². The molecule has 5 heteroatoms. The molecular formula is C23H19NO4. The number of para-hydroxylation sites is 4. The molecule has 0 aliphatic carbocycles. The standard InChI is InChI=1S/C23H19NO4/c25-23(24-13-15-14-26-20-11-5-6-12-21(20)27-15)22-16-7-1-3-9-18(16)28-19-10-4-2-8-17(19)22/h1-12,15,22H,13-14H2,(H,24,25)/t15-/m0/s1. The van der Waals surface area contributed by atoms with Crippen LogP contribution in [0.2, 0.25) is 0 Å². The summed E-state index contributed by atoms with van der Waals surface area (Å²) in [5.41, 5.74) is 1.73. The van der Waals surface area contributed by atoms with E-state index in [2.05, 4.69) is 5.32 Å². The highest BCUT2D eigenvalue weighted by molar-refractivity contribution is 5.89. The molecule has 1 amide bonds. The minimum Gasteiger partial charge on any atom is -0.486 e. The smallest absolute Gasteiger partial charge is 0.232 e. The van der Waals surface area contributed by atoms with Crippen LogP contribution in [0.5, 0.6) is 23.0 Å². The van der Waals surface area contributed by atoms with Crippen molar-refractivity contribution in [2.45, 2.75) is 12.0 Å². The van der Waals surface area contributed by atoms with E-state index in [9.17, 15) is 4.79 Å². The third kappa shape index (κ3) is 2.95. The number of hydrogen-bond donors (Lipinski definition) is 1. The van der Waals surface area contributed by atoms with Crippen LogP contribution < -0.4 is 19.5 Å². The first kappa shape index (κ1) is 16.7. The Balaban J connectivity index is 1.35. The number of carbonyl (C=O) groups is 1. The van der Waals surface area contributed by atoms with Crippen LogP contribution in [0.3, 0.4) is 0 Å². The molecule has 3 aromatic rings. The third-order valence-corrected chi connectivity index (χ3v) is 5.01. The maximum atomic E-state index is 13.1. The topological polar surface area (TPSA) is 56.8 Å². The molecule has 0 bridgehead atoms. The monoisotopic (exact) mass is 373 g/mol. The average Bonchev–Trinajstić information content (AvgIpc) is 2.75. The van der Waals surface area contributed by atoms with Crippen molar-refractivity contribution in [3.05, 3.63) is 83.9 Å². The summed E-state index contributed by atoms with van der Waals surface area (Å²) >= 11 is 0. The lowest BCUT2D eigenvalue weighted by Crippen LogP contribution is -2.42. The first-order valence-corrected chi connectivity index (χ1v) is 9.31. The maximum Gasteiger partial charge on any atom is 0.232 e. The van der Waals surface area contributed by atoms with Gasteiger partial charge in [0.05, 0.1) is 12.5 Å². The molecule has 0 saturated heterocycles. The van der Waals surface area contributed by atoms with Crippen LogP contribution in [0.25, 0.3) is 0 Å². The van der Waals surface area contributed by atoms with Crippen molar-refractivity contribution in [1.29, 1.82) is 0 Å². The summed E-state index contributed by atoms with van der Waals surface area (Å²) in [5.74, 6) is 2.37. The predicted octanol–water partition coefficient (Wildman–Crippen LogP) is 3.88. The van der Waals surface area contributed by atoms with Crippen LogP contribution in [0.1, 0.15) is 17.0 Å². The summed E-state index contributed by atoms with van der Waals surface area (Å²) in [5, 5.41) is 3.04. The van der Waals surface area contributed by atoms with Gasteiger partial charge in [-0.3, -0.25) is 4.79 Å². The second-order valence-electron chi connectivity index (χ2n) is 6.85. The first-order valence-electron chi connectivity index (χ1n) is 9.31. The molecule has 5 nitrogen and oxygen atoms in total. The predicted molar refractivity (Wildman–Crippen MR) is 104 cm³/mol. The molecule has 2 aliphatic heterocycles. The molecular weight excluding hydrogens is 354 g/mol. The maximum absolute atomic E-state index is 13.1. The number of nitrogens with one attached hydrogen (secondary N) is 1. The number of carbonyl (C=O) groups excluding carboxylic acids is 1. The minimum atomic E-state index is -0.419. The van der Waals surface area contributed by atoms with E-state index in [0.29, 0.717) is 30.4 Å². The Labute approximate surface area is 162 Å². The van der Waals surface area contributed by atoms with E-state index < -0.39 is 5.92 Å². The molecule has 2 aliphatic rings. The van der Waals surface area contributed by atoms with Gasteiger partial charge in [-0.15, -0.1) is 0 Å². The zero-order chi connectivity index (χ0) is 18.9. The fourth-order valence-electron chi connectivity index (χ4n) is 3.67. The Kier molecular flexibility index (Phi) is 4.13. The van der Waals surface area contributed by atoms with E-state index in [0.717, 1.165) is 16.9 Å². The van der Waals surface area contributed by atoms with Gasteiger partial charge >= 0.3 is 0 Å². The molecule has 1 N–H and O–H groups in total. The molecule has 5 rings (SSSR count). The fraction of sp³-hybridized carbons (Fsp3) is 0.174. The Hall–Kier alpha value is -3.47. The van der Waals surface area contributed by atoms with Crippen LogP contribution >= 0.6 is 0 Å². The van der Waals surface area contributed by atoms with Crippen LogP contribution in [0.4, 0.5) is 0 Å². The Morgan fingerprint density at radius 3 is 2.07 bits per heavy atom. The van der Waals surface area contributed by atoms with Crippen molar-refractivity contribution >= 4 is 5.91 Å². The largest absolute Gasteiger partial charge is 0.486 e. The van der Waals surface area contributed by atoms with E-state index in [1.165, 1.54) is 0 Å². The van der Waals surface area contributed by atoms with Gasteiger partial charge in [-0.05, 0) is 24.3 Å². The third-order valence-electron chi connectivity index (χ3n) is 5.01. The summed E-state index contributed by atoms with van der Waals surface area (Å²) < 4.78 is 17.6. The Bertz CT molecular complexity index is 987. The van der Waals surface area contributed by atoms with Gasteiger partial charge in [0.1, 0.15) is 24.2 Å². The van der Waals surface area contributed by atoms with Gasteiger partial charge in [-0.2, -0.15) is 0 Å². The highest BCUT2D eigenvalue weighted by Gasteiger charge is 2.33. The van der Waals surface area contributed by atoms with Gasteiger partial charge < -0.3 is 19.5 Å². The molecule has 1 atom stereocenters. The van der Waals surface area contributed by atoms with Gasteiger partial charge in [0.15, 0.2) is 11.5 Å². The number of fused-ring (bicyclic) bond motifs is 3. The summed E-state index contributed by atoms with van der Waals surface area (Å²) in [4.78, 5) is 13.1. The molecule has 3 aromatic carbocycles. The lowest BCUT2D eigenvalue weighted by Gasteiger charge is -2.29. The van der Waals surface area contributed by atoms with Crippen LogP contribution in [0.15, 0.2) is 72.8 Å². The molecule has 28 heavy (non-hydrogen) atoms. The average molecular weight is 373 g/mol. The van der Waals surface area contributed by atoms with Gasteiger partial charge in [0.2, 0.25) is 5.91 Å². The van der Waals surface area contributed by atoms with Crippen LogP contribution in [-0.2, 0) is 4.79 Å². The number of amides is 1. The van der Waals surface area contributed by atoms with E-state index in [1.807, 2.05) is 72.8 Å². The molecule has 0 unspecified atom stereocenters. The van der Waals surface area contributed by atoms with Gasteiger partial charge in [-0.1, -0.05) is 48.5 Å². The molecule has 140 valence electrons. The van der Waals surface area contributed by atoms with Crippen LogP contribution in [-0.4, -0.2) is 25.2 Å². The summed E-state index contributed by atoms with van der Waals surface area (Å²) in [6.07, 6.45) is -0.232. The van der Waals surface area contributed by atoms with Gasteiger partial charge in [0, 0.05) is 11.1 Å². The van der Waals surface area contributed by atoms with E-state index >= 15 is 0 Å². The zero-order valence-corrected chi connectivity index (χ0v) is 15.1. The van der Waals surface area contributed by atoms with Crippen molar-refractivity contribution in [3.8, 4) is 23.0 Å². The Morgan fingerprint density at radius 2 is 1.39 bits per heavy atom. The fourth-order valence-corrected chi connectivity index (χ4v) is 3.67. The molecule has 0 radical (unpaired) electrons. The first-order chi connectivity index (χ1) is 13.8. The minimum absolute atomic E-state index is 0.0781. The molecule has 2 heterocycles. The zero-order valence-electron chi connectivity index (χ0n) is 15.1. The van der Waals surface area contributed by atoms with Gasteiger partial charge in [0.25, 0.3) is 0 Å². The number of rotatable bonds is 3. The Morgan fingerprint density at radius 1 is 0.821 bits per heavy atom. The number of benzene rings is 3. The lowest BCUT2D eigenvalue weighted by atomic mass is 9.87. The lowest BCUT2D eigenvalue weighted by molar-refractivity contribution is -0.122. The number of hydrogen-bond acceptors (Lipinski definition) is 4. The second kappa shape index (κ2) is 6.93. The van der Waals surface area contributed by atoms with E-state index in [-0.39, 0.29) is 12.0 Å². The highest BCUT2D eigenvalue weighted by atomic mass is 16.6. The summed E-state index contributed by atoms with van der Waals surface area (Å²) in [6.45, 7) is 0.771. The quantitative estimate of drug-likeness (QED) is 0.757. The summed E-state index contributed by atoms with van der Waals surface area (Å²) in [7, 11) is 0. The van der Waals surface area contributed by atoms with Crippen molar-refractivity contribution in [1.82, 2.24) is 5.32 Å². The van der Waals surface area contributed by atoms with Crippen LogP contribution in [0, 0.1) is 0 Å². The molecule has 0 saturated carbocycles. The SMILES string of the molecule is O=C(NC[C@H]1COc2ccccc2O1)C1c2ccccc2Oc2ccccc21. The normalized spacial score (nSPS) is 17.1. The molecule has 0 aromatic heterocycles. The van der Waals surface area contributed by atoms with E-state index in [4.69, 9.17) is 14.2 Å². The molecule has 0 spiro atoms. The van der Waals surface area contributed by atoms with Gasteiger partial charge in [-0.25, -0.2) is 0 Å². The highest BCUT2D eigenvalue weighted by Crippen LogP contribution is 2.43. The second-order valence-corrected chi connectivity index (χ2v) is 6.85. The summed E-state index contributed by atoms with van der Waals surface area (Å²) in [6, 6.07) is 22.9. The van der Waals surface area contributed by atoms with Crippen molar-refractivity contribution in [2.24, 2.45) is 0 Å². The molecule has 0 fully saturated rings. The van der Waals surface area contributed by atoms with Crippen molar-refractivity contribution in [2.75, 3.05) is 13.2 Å². The van der Waals surface area contributed by atoms with E-state index in [1.54, 1.807) is 0 Å².